The molecule has 7 heteroatoms. The number of nitrogens with zero attached hydrogens (tertiary/aromatic N) is 1. The van der Waals surface area contributed by atoms with Gasteiger partial charge in [0.2, 0.25) is 5.91 Å². The van der Waals surface area contributed by atoms with Crippen LogP contribution in [-0.4, -0.2) is 48.8 Å². The van der Waals surface area contributed by atoms with Crippen molar-refractivity contribution in [1.82, 2.24) is 5.06 Å². The van der Waals surface area contributed by atoms with Gasteiger partial charge in [-0.25, -0.2) is 5.06 Å². The quantitative estimate of drug-likeness (QED) is 0.359. The van der Waals surface area contributed by atoms with E-state index in [9.17, 15) is 10.0 Å². The van der Waals surface area contributed by atoms with Gasteiger partial charge in [-0.2, -0.15) is 7.11 Å². The van der Waals surface area contributed by atoms with E-state index in [2.05, 4.69) is 0 Å². The minimum absolute atomic E-state index is 0. The fraction of sp³-hybridized carbons (Fsp3) is 0.467. The van der Waals surface area contributed by atoms with Gasteiger partial charge in [-0.1, -0.05) is 43.7 Å². The first-order valence-corrected chi connectivity index (χ1v) is 6.41. The van der Waals surface area contributed by atoms with Crippen LogP contribution in [0.5, 0.6) is 0 Å². The van der Waals surface area contributed by atoms with Gasteiger partial charge >= 0.3 is 29.6 Å². The summed E-state index contributed by atoms with van der Waals surface area (Å²) < 4.78 is 0. The Hall–Kier alpha value is -0.760. The Bertz CT molecular complexity index is 325. The van der Waals surface area contributed by atoms with Crippen molar-refractivity contribution in [2.45, 2.75) is 26.2 Å². The van der Waals surface area contributed by atoms with Gasteiger partial charge in [-0.15, -0.1) is 0 Å². The van der Waals surface area contributed by atoms with E-state index in [1.165, 1.54) is 0 Å². The Kier molecular flexibility index (Phi) is 33.5. The van der Waals surface area contributed by atoms with Crippen LogP contribution in [-0.2, 0) is 16.0 Å². The number of amides is 1. The number of unbranched alkanes of at least 4 members (excludes halogenated alkanes) is 1. The molecule has 0 fully saturated rings. The van der Waals surface area contributed by atoms with Gasteiger partial charge in [0.05, 0.1) is 6.42 Å². The molecular formula is C15H26NNaO5. The maximum Gasteiger partial charge on any atom is 1.00 e. The molecule has 1 aromatic carbocycles. The Morgan fingerprint density at radius 3 is 2.05 bits per heavy atom. The summed E-state index contributed by atoms with van der Waals surface area (Å²) in [6.07, 6.45) is 2.06. The van der Waals surface area contributed by atoms with E-state index in [0.717, 1.165) is 37.7 Å². The third kappa shape index (κ3) is 17.3. The monoisotopic (exact) mass is 323 g/mol. The molecule has 0 heterocycles. The Labute approximate surface area is 155 Å². The molecule has 0 aliphatic rings. The smallest absolute Gasteiger partial charge is 0.857 e. The molecule has 0 aliphatic heterocycles. The molecule has 1 amide bonds. The SMILES string of the molecule is C=O.CCCCN(O)C(=O)Cc1ccccc1.CO.C[O-].[Na+]. The van der Waals surface area contributed by atoms with Gasteiger partial charge in [0.1, 0.15) is 6.79 Å². The molecule has 0 spiro atoms. The second-order valence-corrected chi connectivity index (χ2v) is 3.53. The second kappa shape index (κ2) is 25.2. The van der Waals surface area contributed by atoms with Crippen molar-refractivity contribution in [3.8, 4) is 0 Å². The summed E-state index contributed by atoms with van der Waals surface area (Å²) >= 11 is 0. The van der Waals surface area contributed by atoms with Crippen LogP contribution in [0.3, 0.4) is 0 Å². The summed E-state index contributed by atoms with van der Waals surface area (Å²) in [5.41, 5.74) is 0.929. The largest absolute Gasteiger partial charge is 1.00 e. The molecule has 0 aromatic heterocycles. The number of hydrogen-bond acceptors (Lipinski definition) is 5. The molecule has 6 nitrogen and oxygen atoms in total. The molecular weight excluding hydrogens is 297 g/mol. The van der Waals surface area contributed by atoms with Crippen LogP contribution in [0.25, 0.3) is 0 Å². The molecule has 0 atom stereocenters. The molecule has 0 unspecified atom stereocenters. The van der Waals surface area contributed by atoms with E-state index in [1.807, 2.05) is 44.0 Å². The van der Waals surface area contributed by atoms with Crippen molar-refractivity contribution in [2.75, 3.05) is 20.8 Å². The summed E-state index contributed by atoms with van der Waals surface area (Å²) in [5.74, 6) is -0.241. The number of aliphatic hydroxyl groups excluding tert-OH is 1. The van der Waals surface area contributed by atoms with Crippen LogP contribution < -0.4 is 34.7 Å². The van der Waals surface area contributed by atoms with Crippen LogP contribution in [0.1, 0.15) is 25.3 Å². The molecule has 0 saturated heterocycles. The minimum atomic E-state index is -0.241. The third-order valence-electron chi connectivity index (χ3n) is 2.21. The number of carbonyl (C=O) groups is 2. The van der Waals surface area contributed by atoms with Crippen LogP contribution in [0.15, 0.2) is 30.3 Å². The van der Waals surface area contributed by atoms with Gasteiger partial charge in [-0.05, 0) is 12.0 Å². The van der Waals surface area contributed by atoms with E-state index < -0.39 is 0 Å². The topological polar surface area (TPSA) is 101 Å². The number of carbonyl (C=O) groups excluding carboxylic acids is 2. The maximum atomic E-state index is 11.5. The number of aliphatic hydroxyl groups is 1. The van der Waals surface area contributed by atoms with Crippen LogP contribution in [0, 0.1) is 0 Å². The number of hydrogen-bond donors (Lipinski definition) is 2. The second-order valence-electron chi connectivity index (χ2n) is 3.53. The Balaban J connectivity index is -0.000000206. The van der Waals surface area contributed by atoms with Gasteiger partial charge in [0.25, 0.3) is 0 Å². The molecule has 0 aliphatic carbocycles. The zero-order valence-corrected chi connectivity index (χ0v) is 16.0. The zero-order valence-electron chi connectivity index (χ0n) is 14.0. The van der Waals surface area contributed by atoms with Crippen molar-refractivity contribution in [3.05, 3.63) is 35.9 Å². The predicted molar refractivity (Wildman–Crippen MR) is 79.7 cm³/mol. The van der Waals surface area contributed by atoms with Gasteiger partial charge in [0.15, 0.2) is 0 Å². The molecule has 0 bridgehead atoms. The fourth-order valence-electron chi connectivity index (χ4n) is 1.29. The maximum absolute atomic E-state index is 11.5. The van der Waals surface area contributed by atoms with Crippen LogP contribution in [0.4, 0.5) is 0 Å². The zero-order chi connectivity index (χ0) is 17.1. The molecule has 2 N–H and O–H groups in total. The van der Waals surface area contributed by atoms with E-state index >= 15 is 0 Å². The summed E-state index contributed by atoms with van der Waals surface area (Å²) in [4.78, 5) is 19.5. The normalized spacial score (nSPS) is 7.55. The molecule has 1 rings (SSSR count). The average molecular weight is 323 g/mol. The van der Waals surface area contributed by atoms with Crippen molar-refractivity contribution < 1.29 is 54.6 Å². The van der Waals surface area contributed by atoms with E-state index in [4.69, 9.17) is 15.0 Å². The summed E-state index contributed by atoms with van der Waals surface area (Å²) in [5, 5.41) is 25.5. The summed E-state index contributed by atoms with van der Waals surface area (Å²) in [7, 11) is 1.75. The number of hydroxylamine groups is 2. The molecule has 122 valence electrons. The Morgan fingerprint density at radius 1 is 1.18 bits per heavy atom. The van der Waals surface area contributed by atoms with Crippen LogP contribution >= 0.6 is 0 Å². The van der Waals surface area contributed by atoms with Crippen molar-refractivity contribution in [2.24, 2.45) is 0 Å². The standard InChI is InChI=1S/C12H17NO2.CH4O.CH3O.CH2O.Na/c1-2-3-9-13(15)12(14)10-11-7-5-4-6-8-11;3*1-2;/h4-8,15H,2-3,9-10H2,1H3;2H,1H3;1H3;1H2;/q;;-1;;+1. The molecule has 1 aromatic rings. The van der Waals surface area contributed by atoms with Crippen molar-refractivity contribution >= 4 is 12.7 Å². The van der Waals surface area contributed by atoms with E-state index in [-0.39, 0.29) is 41.9 Å². The Morgan fingerprint density at radius 2 is 1.64 bits per heavy atom. The molecule has 0 saturated carbocycles. The summed E-state index contributed by atoms with van der Waals surface area (Å²) in [6, 6.07) is 9.44. The van der Waals surface area contributed by atoms with Crippen molar-refractivity contribution in [3.63, 3.8) is 0 Å². The van der Waals surface area contributed by atoms with E-state index in [1.54, 1.807) is 0 Å². The number of benzene rings is 1. The summed E-state index contributed by atoms with van der Waals surface area (Å²) in [6.45, 7) is 4.44. The fourth-order valence-corrected chi connectivity index (χ4v) is 1.29. The third-order valence-corrected chi connectivity index (χ3v) is 2.21. The van der Waals surface area contributed by atoms with Gasteiger partial charge in [0, 0.05) is 13.7 Å². The van der Waals surface area contributed by atoms with Crippen molar-refractivity contribution in [1.29, 1.82) is 0 Å². The number of rotatable bonds is 5. The minimum Gasteiger partial charge on any atom is -0.857 e. The van der Waals surface area contributed by atoms with Gasteiger partial charge in [-0.3, -0.25) is 10.0 Å². The molecule has 0 radical (unpaired) electrons. The first-order valence-electron chi connectivity index (χ1n) is 6.41. The predicted octanol–water partition coefficient (Wildman–Crippen LogP) is -2.35. The first kappa shape index (κ1) is 29.3. The average Bonchev–Trinajstić information content (AvgIpc) is 2.59. The van der Waals surface area contributed by atoms with Crippen LogP contribution in [0.2, 0.25) is 0 Å². The van der Waals surface area contributed by atoms with Gasteiger partial charge < -0.3 is 15.0 Å². The molecule has 22 heavy (non-hydrogen) atoms. The van der Waals surface area contributed by atoms with E-state index in [0.29, 0.717) is 6.54 Å². The first-order chi connectivity index (χ1) is 10.2.